The van der Waals surface area contributed by atoms with Crippen LogP contribution in [-0.2, 0) is 6.42 Å². The van der Waals surface area contributed by atoms with Crippen molar-refractivity contribution in [3.8, 4) is 11.3 Å². The van der Waals surface area contributed by atoms with Crippen LogP contribution in [-0.4, -0.2) is 36.6 Å². The minimum atomic E-state index is -0.449. The summed E-state index contributed by atoms with van der Waals surface area (Å²) in [4.78, 5) is 13.0. The molecule has 0 aliphatic carbocycles. The second-order valence-corrected chi connectivity index (χ2v) is 7.62. The van der Waals surface area contributed by atoms with Crippen molar-refractivity contribution in [1.82, 2.24) is 29.9 Å². The second kappa shape index (κ2) is 8.01. The summed E-state index contributed by atoms with van der Waals surface area (Å²) < 4.78 is 30.6. The standard InChI is InChI=1S/C23H16F2N6S/c1-26-22(32)17-5-4-14(10-18(17)24)20-12-29-23-28-11-16(31(23)30-20)8-13-7-15-3-2-6-27-21(15)19(25)9-13/h2-7,9-12H,8H2,1H3,(H,26,32). The summed E-state index contributed by atoms with van der Waals surface area (Å²) in [5.74, 6) is -0.427. The van der Waals surface area contributed by atoms with Crippen molar-refractivity contribution in [2.24, 2.45) is 0 Å². The molecular weight excluding hydrogens is 430 g/mol. The third-order valence-electron chi connectivity index (χ3n) is 5.14. The zero-order valence-corrected chi connectivity index (χ0v) is 17.7. The third-order valence-corrected chi connectivity index (χ3v) is 5.56. The molecule has 0 fully saturated rings. The van der Waals surface area contributed by atoms with Crippen LogP contribution in [0.5, 0.6) is 0 Å². The zero-order chi connectivity index (χ0) is 22.2. The molecule has 9 heteroatoms. The Labute approximate surface area is 187 Å². The van der Waals surface area contributed by atoms with Crippen molar-refractivity contribution in [2.45, 2.75) is 6.42 Å². The molecule has 0 atom stereocenters. The van der Waals surface area contributed by atoms with Gasteiger partial charge in [-0.05, 0) is 35.9 Å². The molecule has 0 radical (unpaired) electrons. The lowest BCUT2D eigenvalue weighted by atomic mass is 10.1. The Hall–Kier alpha value is -3.85. The molecule has 5 aromatic rings. The highest BCUT2D eigenvalue weighted by molar-refractivity contribution is 7.80. The molecule has 5 rings (SSSR count). The SMILES string of the molecule is CNC(=S)c1ccc(-c2cnc3ncc(Cc4cc(F)c5ncccc5c4)n3n2)cc1F. The lowest BCUT2D eigenvalue weighted by Crippen LogP contribution is -2.17. The van der Waals surface area contributed by atoms with Gasteiger partial charge in [-0.1, -0.05) is 24.4 Å². The fourth-order valence-electron chi connectivity index (χ4n) is 3.58. The summed E-state index contributed by atoms with van der Waals surface area (Å²) in [6.07, 6.45) is 5.15. The molecule has 0 spiro atoms. The molecule has 1 N–H and O–H groups in total. The molecular formula is C23H16F2N6S. The molecule has 0 amide bonds. The summed E-state index contributed by atoms with van der Waals surface area (Å²) in [7, 11) is 1.65. The number of thiocarbonyl (C=S) groups is 1. The normalized spacial score (nSPS) is 11.2. The van der Waals surface area contributed by atoms with E-state index in [4.69, 9.17) is 12.2 Å². The lowest BCUT2D eigenvalue weighted by Gasteiger charge is -2.08. The van der Waals surface area contributed by atoms with E-state index in [9.17, 15) is 8.78 Å². The van der Waals surface area contributed by atoms with Crippen molar-refractivity contribution in [1.29, 1.82) is 0 Å². The van der Waals surface area contributed by atoms with E-state index in [0.29, 0.717) is 39.5 Å². The number of imidazole rings is 1. The summed E-state index contributed by atoms with van der Waals surface area (Å²) in [5.41, 5.74) is 3.17. The summed E-state index contributed by atoms with van der Waals surface area (Å²) >= 11 is 5.12. The van der Waals surface area contributed by atoms with Crippen LogP contribution in [0.1, 0.15) is 16.8 Å². The highest BCUT2D eigenvalue weighted by Gasteiger charge is 2.13. The topological polar surface area (TPSA) is 68.0 Å². The van der Waals surface area contributed by atoms with Crippen molar-refractivity contribution < 1.29 is 8.78 Å². The average Bonchev–Trinajstić information content (AvgIpc) is 3.20. The van der Waals surface area contributed by atoms with Crippen LogP contribution >= 0.6 is 12.2 Å². The van der Waals surface area contributed by atoms with E-state index in [1.807, 2.05) is 12.1 Å². The molecule has 0 unspecified atom stereocenters. The van der Waals surface area contributed by atoms with Crippen LogP contribution in [0.3, 0.4) is 0 Å². The van der Waals surface area contributed by atoms with E-state index in [2.05, 4.69) is 25.4 Å². The molecule has 32 heavy (non-hydrogen) atoms. The van der Waals surface area contributed by atoms with Crippen LogP contribution in [0.2, 0.25) is 0 Å². The molecule has 3 aromatic heterocycles. The van der Waals surface area contributed by atoms with Gasteiger partial charge in [-0.3, -0.25) is 4.98 Å². The number of fused-ring (bicyclic) bond motifs is 2. The predicted molar refractivity (Wildman–Crippen MR) is 121 cm³/mol. The van der Waals surface area contributed by atoms with Crippen LogP contribution < -0.4 is 5.32 Å². The first-order valence-corrected chi connectivity index (χ1v) is 10.2. The van der Waals surface area contributed by atoms with Crippen molar-refractivity contribution in [2.75, 3.05) is 7.05 Å². The highest BCUT2D eigenvalue weighted by atomic mass is 32.1. The maximum Gasteiger partial charge on any atom is 0.250 e. The Kier molecular flexibility index (Phi) is 5.02. The molecule has 0 aliphatic rings. The Morgan fingerprint density at radius 2 is 1.88 bits per heavy atom. The predicted octanol–water partition coefficient (Wildman–Crippen LogP) is 4.10. The largest absolute Gasteiger partial charge is 0.379 e. The molecule has 0 saturated carbocycles. The number of aromatic nitrogens is 5. The maximum absolute atomic E-state index is 14.5. The van der Waals surface area contributed by atoms with Gasteiger partial charge >= 0.3 is 0 Å². The van der Waals surface area contributed by atoms with E-state index in [1.54, 1.807) is 42.2 Å². The van der Waals surface area contributed by atoms with E-state index >= 15 is 0 Å². The molecule has 6 nitrogen and oxygen atoms in total. The summed E-state index contributed by atoms with van der Waals surface area (Å²) in [5, 5.41) is 8.08. The molecule has 0 saturated heterocycles. The summed E-state index contributed by atoms with van der Waals surface area (Å²) in [6.45, 7) is 0. The Bertz CT molecular complexity index is 1500. The molecule has 0 bridgehead atoms. The minimum Gasteiger partial charge on any atom is -0.379 e. The van der Waals surface area contributed by atoms with Gasteiger partial charge in [0.2, 0.25) is 0 Å². The van der Waals surface area contributed by atoms with Gasteiger partial charge in [-0.25, -0.2) is 23.3 Å². The number of benzene rings is 2. The Morgan fingerprint density at radius 1 is 1.03 bits per heavy atom. The zero-order valence-electron chi connectivity index (χ0n) is 16.9. The fraction of sp³-hybridized carbons (Fsp3) is 0.0870. The molecule has 158 valence electrons. The maximum atomic E-state index is 14.5. The number of hydrogen-bond acceptors (Lipinski definition) is 5. The number of hydrogen-bond donors (Lipinski definition) is 1. The van der Waals surface area contributed by atoms with Crippen molar-refractivity contribution in [3.63, 3.8) is 0 Å². The Balaban J connectivity index is 1.52. The van der Waals surface area contributed by atoms with Gasteiger partial charge in [0.25, 0.3) is 5.78 Å². The lowest BCUT2D eigenvalue weighted by molar-refractivity contribution is 0.625. The van der Waals surface area contributed by atoms with Crippen LogP contribution in [0.4, 0.5) is 8.78 Å². The van der Waals surface area contributed by atoms with Gasteiger partial charge < -0.3 is 5.32 Å². The van der Waals surface area contributed by atoms with Crippen LogP contribution in [0.15, 0.2) is 61.1 Å². The number of halogens is 2. The second-order valence-electron chi connectivity index (χ2n) is 7.21. The fourth-order valence-corrected chi connectivity index (χ4v) is 3.75. The van der Waals surface area contributed by atoms with Crippen LogP contribution in [0, 0.1) is 11.6 Å². The van der Waals surface area contributed by atoms with E-state index < -0.39 is 5.82 Å². The van der Waals surface area contributed by atoms with E-state index in [-0.39, 0.29) is 5.82 Å². The molecule has 3 heterocycles. The first-order chi connectivity index (χ1) is 15.5. The van der Waals surface area contributed by atoms with Gasteiger partial charge in [0.05, 0.1) is 18.1 Å². The highest BCUT2D eigenvalue weighted by Crippen LogP contribution is 2.22. The smallest absolute Gasteiger partial charge is 0.250 e. The first-order valence-electron chi connectivity index (χ1n) is 9.78. The van der Waals surface area contributed by atoms with Gasteiger partial charge in [0.1, 0.15) is 27.8 Å². The molecule has 0 aliphatic heterocycles. The minimum absolute atomic E-state index is 0.316. The first kappa shape index (κ1) is 20.1. The van der Waals surface area contributed by atoms with Gasteiger partial charge in [0, 0.05) is 36.2 Å². The van der Waals surface area contributed by atoms with Crippen molar-refractivity contribution in [3.05, 3.63) is 89.5 Å². The Morgan fingerprint density at radius 3 is 2.69 bits per heavy atom. The van der Waals surface area contributed by atoms with E-state index in [0.717, 1.165) is 16.6 Å². The van der Waals surface area contributed by atoms with Gasteiger partial charge in [0.15, 0.2) is 0 Å². The number of pyridine rings is 1. The molecule has 2 aromatic carbocycles. The van der Waals surface area contributed by atoms with Gasteiger partial charge in [-0.2, -0.15) is 5.10 Å². The van der Waals surface area contributed by atoms with Gasteiger partial charge in [-0.15, -0.1) is 0 Å². The van der Waals surface area contributed by atoms with E-state index in [1.165, 1.54) is 18.3 Å². The van der Waals surface area contributed by atoms with Crippen LogP contribution in [0.25, 0.3) is 27.9 Å². The number of nitrogens with zero attached hydrogens (tertiary/aromatic N) is 5. The number of nitrogens with one attached hydrogen (secondary N) is 1. The van der Waals surface area contributed by atoms with Crippen molar-refractivity contribution >= 4 is 33.9 Å². The third kappa shape index (κ3) is 3.56. The monoisotopic (exact) mass is 446 g/mol. The summed E-state index contributed by atoms with van der Waals surface area (Å²) in [6, 6.07) is 11.7. The average molecular weight is 446 g/mol. The number of rotatable bonds is 4. The quantitative estimate of drug-likeness (QED) is 0.419.